The fourth-order valence-corrected chi connectivity index (χ4v) is 3.73. The largest absolute Gasteiger partial charge is 0.367 e. The van der Waals surface area contributed by atoms with E-state index in [4.69, 9.17) is 0 Å². The van der Waals surface area contributed by atoms with Gasteiger partial charge in [-0.25, -0.2) is 0 Å². The Bertz CT molecular complexity index is 227. The first-order chi connectivity index (χ1) is 7.89. The Hall–Kier alpha value is -0.763. The maximum Gasteiger partial charge on any atom is 0.0197 e. The fraction of sp³-hybridized carbons (Fsp3) is 0.571. The van der Waals surface area contributed by atoms with Gasteiger partial charge in [-0.2, -0.15) is 0 Å². The molecule has 0 aliphatic carbocycles. The second kappa shape index (κ2) is 9.46. The zero-order valence-electron chi connectivity index (χ0n) is 10.5. The van der Waals surface area contributed by atoms with Gasteiger partial charge in [0.1, 0.15) is 0 Å². The number of rotatable bonds is 0. The standard InChI is InChI=1S/C7H9N.C7H16Si/c1-7-4-2-3-5-8-6-7;1-2-4-6-8-7-5-3-1/h2-6,8H,1H3;1-8H2. The van der Waals surface area contributed by atoms with Crippen molar-refractivity contribution in [3.63, 3.8) is 0 Å². The highest BCUT2D eigenvalue weighted by molar-refractivity contribution is 6.35. The third-order valence-electron chi connectivity index (χ3n) is 2.97. The van der Waals surface area contributed by atoms with Crippen LogP contribution in [-0.4, -0.2) is 9.52 Å². The molecule has 2 aliphatic heterocycles. The predicted molar refractivity (Wildman–Crippen MR) is 76.4 cm³/mol. The predicted octanol–water partition coefficient (Wildman–Crippen LogP) is 3.52. The van der Waals surface area contributed by atoms with Gasteiger partial charge in [0.25, 0.3) is 0 Å². The highest BCUT2D eigenvalue weighted by atomic mass is 28.2. The van der Waals surface area contributed by atoms with Crippen LogP contribution in [0.3, 0.4) is 0 Å². The summed E-state index contributed by atoms with van der Waals surface area (Å²) in [6.45, 7) is 2.05. The fourth-order valence-electron chi connectivity index (χ4n) is 1.96. The third-order valence-corrected chi connectivity index (χ3v) is 4.97. The summed E-state index contributed by atoms with van der Waals surface area (Å²) in [6.07, 6.45) is 17.6. The molecule has 2 heterocycles. The van der Waals surface area contributed by atoms with Gasteiger partial charge in [-0.15, -0.1) is 0 Å². The van der Waals surface area contributed by atoms with E-state index in [2.05, 4.69) is 18.3 Å². The molecule has 0 aromatic carbocycles. The Morgan fingerprint density at radius 1 is 1.00 bits per heavy atom. The molecule has 1 N–H and O–H groups in total. The van der Waals surface area contributed by atoms with E-state index >= 15 is 0 Å². The average Bonchev–Trinajstić information content (AvgIpc) is 2.45. The van der Waals surface area contributed by atoms with Crippen LogP contribution in [-0.2, 0) is 0 Å². The van der Waals surface area contributed by atoms with Crippen LogP contribution in [0.2, 0.25) is 12.1 Å². The maximum absolute atomic E-state index is 2.99. The van der Waals surface area contributed by atoms with Gasteiger partial charge in [0.05, 0.1) is 0 Å². The van der Waals surface area contributed by atoms with E-state index in [-0.39, 0.29) is 0 Å². The van der Waals surface area contributed by atoms with Crippen LogP contribution in [0.5, 0.6) is 0 Å². The molecular formula is C14H25NSi. The zero-order chi connectivity index (χ0) is 11.5. The monoisotopic (exact) mass is 235 g/mol. The Labute approximate surface area is 103 Å². The molecule has 0 unspecified atom stereocenters. The van der Waals surface area contributed by atoms with Gasteiger partial charge in [-0.1, -0.05) is 56.3 Å². The van der Waals surface area contributed by atoms with E-state index in [0.29, 0.717) is 9.52 Å². The summed E-state index contributed by atoms with van der Waals surface area (Å²) in [7, 11) is 0.452. The molecule has 0 aromatic heterocycles. The van der Waals surface area contributed by atoms with Crippen LogP contribution in [0.1, 0.15) is 39.0 Å². The number of nitrogens with one attached hydrogen (secondary N) is 1. The minimum absolute atomic E-state index is 0.452. The molecule has 2 rings (SSSR count). The first kappa shape index (κ1) is 13.3. The first-order valence-corrected chi connectivity index (χ1v) is 8.65. The molecule has 0 aromatic rings. The summed E-state index contributed by atoms with van der Waals surface area (Å²) >= 11 is 0. The Morgan fingerprint density at radius 3 is 2.44 bits per heavy atom. The van der Waals surface area contributed by atoms with Crippen molar-refractivity contribution in [3.05, 3.63) is 36.2 Å². The van der Waals surface area contributed by atoms with Crippen LogP contribution < -0.4 is 5.32 Å². The van der Waals surface area contributed by atoms with Crippen LogP contribution in [0, 0.1) is 0 Å². The molecule has 2 aliphatic rings. The van der Waals surface area contributed by atoms with E-state index in [0.717, 1.165) is 0 Å². The number of allylic oxidation sites excluding steroid dienone is 4. The molecule has 0 atom stereocenters. The summed E-state index contributed by atoms with van der Waals surface area (Å²) in [6, 6.07) is 3.28. The molecule has 1 fully saturated rings. The molecule has 90 valence electrons. The molecular weight excluding hydrogens is 210 g/mol. The molecule has 0 radical (unpaired) electrons. The van der Waals surface area contributed by atoms with E-state index in [9.17, 15) is 0 Å². The summed E-state index contributed by atoms with van der Waals surface area (Å²) in [5.74, 6) is 0. The van der Waals surface area contributed by atoms with E-state index < -0.39 is 0 Å². The molecule has 0 spiro atoms. The van der Waals surface area contributed by atoms with Crippen LogP contribution in [0.4, 0.5) is 0 Å². The van der Waals surface area contributed by atoms with Crippen molar-refractivity contribution in [2.75, 3.05) is 0 Å². The zero-order valence-corrected chi connectivity index (χ0v) is 12.0. The van der Waals surface area contributed by atoms with Gasteiger partial charge in [-0.05, 0) is 18.6 Å². The van der Waals surface area contributed by atoms with Crippen molar-refractivity contribution in [3.8, 4) is 0 Å². The Balaban J connectivity index is 0.000000160. The van der Waals surface area contributed by atoms with Gasteiger partial charge in [-0.3, -0.25) is 0 Å². The highest BCUT2D eigenvalue weighted by Crippen LogP contribution is 2.12. The molecule has 0 bridgehead atoms. The molecule has 0 saturated carbocycles. The van der Waals surface area contributed by atoms with Gasteiger partial charge in [0, 0.05) is 21.9 Å². The number of hydrogen-bond acceptors (Lipinski definition) is 1. The van der Waals surface area contributed by atoms with E-state index in [1.807, 2.05) is 24.6 Å². The van der Waals surface area contributed by atoms with Gasteiger partial charge in [0.2, 0.25) is 0 Å². The van der Waals surface area contributed by atoms with Crippen molar-refractivity contribution < 1.29 is 0 Å². The minimum atomic E-state index is 0.452. The molecule has 1 saturated heterocycles. The average molecular weight is 235 g/mol. The topological polar surface area (TPSA) is 12.0 Å². The summed E-state index contributed by atoms with van der Waals surface area (Å²) in [4.78, 5) is 0. The Morgan fingerprint density at radius 2 is 1.69 bits per heavy atom. The van der Waals surface area contributed by atoms with Crippen molar-refractivity contribution in [1.29, 1.82) is 0 Å². The SMILES string of the molecule is C1CCC[SiH2]CCC1.CC1=CNC=CC=C1. The van der Waals surface area contributed by atoms with E-state index in [1.165, 1.54) is 24.8 Å². The number of hydrogen-bond donors (Lipinski definition) is 1. The van der Waals surface area contributed by atoms with Crippen molar-refractivity contribution >= 4 is 9.52 Å². The quantitative estimate of drug-likeness (QED) is 0.634. The lowest BCUT2D eigenvalue weighted by Gasteiger charge is -2.05. The highest BCUT2D eigenvalue weighted by Gasteiger charge is 1.96. The summed E-state index contributed by atoms with van der Waals surface area (Å²) < 4.78 is 0. The lowest BCUT2D eigenvalue weighted by Crippen LogP contribution is -1.93. The van der Waals surface area contributed by atoms with Gasteiger partial charge in [0.15, 0.2) is 0 Å². The third kappa shape index (κ3) is 7.52. The summed E-state index contributed by atoms with van der Waals surface area (Å²) in [5, 5.41) is 2.99. The molecule has 2 heteroatoms. The lowest BCUT2D eigenvalue weighted by atomic mass is 10.2. The van der Waals surface area contributed by atoms with Crippen LogP contribution in [0.25, 0.3) is 0 Å². The minimum Gasteiger partial charge on any atom is -0.367 e. The normalized spacial score (nSPS) is 20.4. The van der Waals surface area contributed by atoms with Crippen molar-refractivity contribution in [2.45, 2.75) is 51.1 Å². The van der Waals surface area contributed by atoms with Crippen molar-refractivity contribution in [2.24, 2.45) is 0 Å². The van der Waals surface area contributed by atoms with E-state index in [1.54, 1.807) is 24.9 Å². The van der Waals surface area contributed by atoms with Gasteiger partial charge < -0.3 is 5.32 Å². The molecule has 0 amide bonds. The second-order valence-corrected chi connectivity index (χ2v) is 6.72. The smallest absolute Gasteiger partial charge is 0.0197 e. The lowest BCUT2D eigenvalue weighted by molar-refractivity contribution is 0.640. The maximum atomic E-state index is 2.99. The molecule has 1 nitrogen and oxygen atoms in total. The second-order valence-electron chi connectivity index (χ2n) is 4.60. The first-order valence-electron chi connectivity index (χ1n) is 6.65. The van der Waals surface area contributed by atoms with Crippen molar-refractivity contribution in [1.82, 2.24) is 5.32 Å². The van der Waals surface area contributed by atoms with Crippen LogP contribution in [0.15, 0.2) is 36.2 Å². The summed E-state index contributed by atoms with van der Waals surface area (Å²) in [5.41, 5.74) is 1.25. The van der Waals surface area contributed by atoms with Gasteiger partial charge >= 0.3 is 0 Å². The molecule has 16 heavy (non-hydrogen) atoms. The van der Waals surface area contributed by atoms with Crippen LogP contribution >= 0.6 is 0 Å². The Kier molecular flexibility index (Phi) is 7.87.